The minimum atomic E-state index is 0. The van der Waals surface area contributed by atoms with Crippen molar-refractivity contribution in [3.05, 3.63) is 0 Å². The molecule has 6 heavy (non-hydrogen) atoms. The SMILES string of the molecule is [CaH2].[Fe].[KH].[MgH2].[SeH2].[Zn]. The third-order valence-corrected chi connectivity index (χ3v) is 0. The molecule has 0 spiro atoms. The Labute approximate surface area is 161 Å². The van der Waals surface area contributed by atoms with Gasteiger partial charge in [0.25, 0.3) is 0 Å². The van der Waals surface area contributed by atoms with Crippen LogP contribution in [-0.4, -0.2) is 129 Å². The van der Waals surface area contributed by atoms with E-state index in [0.717, 1.165) is 0 Å². The van der Waals surface area contributed by atoms with Gasteiger partial charge in [0, 0.05) is 36.5 Å². The van der Waals surface area contributed by atoms with Crippen LogP contribution in [0.5, 0.6) is 0 Å². The van der Waals surface area contributed by atoms with E-state index in [-0.39, 0.29) is 166 Å². The second-order valence-corrected chi connectivity index (χ2v) is 0. The molecular weight excluding hydrogens is 304 g/mol. The molecular formula is H7CaFeKMgSeZn. The summed E-state index contributed by atoms with van der Waals surface area (Å²) in [6, 6.07) is 0. The predicted molar refractivity (Wildman–Crippen MR) is 32.8 cm³/mol. The molecule has 0 aromatic carbocycles. The zero-order valence-electron chi connectivity index (χ0n) is 1.56. The van der Waals surface area contributed by atoms with E-state index in [1.165, 1.54) is 0 Å². The Morgan fingerprint density at radius 2 is 1.00 bits per heavy atom. The fraction of sp³-hybridized carbons (Fsp3) is 0. The van der Waals surface area contributed by atoms with Crippen LogP contribution in [0.2, 0.25) is 0 Å². The maximum absolute atomic E-state index is 0. The Hall–Kier alpha value is 5.32. The Morgan fingerprint density at radius 3 is 1.00 bits per heavy atom. The Morgan fingerprint density at radius 1 is 1.00 bits per heavy atom. The zero-order chi connectivity index (χ0) is 0. The van der Waals surface area contributed by atoms with Crippen LogP contribution < -0.4 is 0 Å². The molecule has 0 atom stereocenters. The van der Waals surface area contributed by atoms with Crippen molar-refractivity contribution < 1.29 is 36.5 Å². The van der Waals surface area contributed by atoms with E-state index in [1.807, 2.05) is 0 Å². The molecule has 0 aromatic rings. The van der Waals surface area contributed by atoms with Gasteiger partial charge in [0.1, 0.15) is 0 Å². The van der Waals surface area contributed by atoms with Crippen LogP contribution in [0.15, 0.2) is 0 Å². The molecule has 0 amide bonds. The van der Waals surface area contributed by atoms with Crippen LogP contribution in [0, 0.1) is 0 Å². The molecule has 0 radical (unpaired) electrons. The van der Waals surface area contributed by atoms with Crippen molar-refractivity contribution in [3.8, 4) is 0 Å². The molecule has 0 aliphatic carbocycles. The van der Waals surface area contributed by atoms with E-state index in [4.69, 9.17) is 0 Å². The number of hydrogen-bond donors (Lipinski definition) is 0. The monoisotopic (exact) mass is 310 g/mol. The summed E-state index contributed by atoms with van der Waals surface area (Å²) >= 11 is 0. The first-order valence-electron chi connectivity index (χ1n) is 0. The molecule has 0 bridgehead atoms. The summed E-state index contributed by atoms with van der Waals surface area (Å²) in [6.07, 6.45) is 0. The smallest absolute Gasteiger partial charge is 0 e. The fourth-order valence-electron chi connectivity index (χ4n) is 0. The molecule has 0 rings (SSSR count). The van der Waals surface area contributed by atoms with E-state index < -0.39 is 0 Å². The minimum Gasteiger partial charge on any atom is 0 e. The summed E-state index contributed by atoms with van der Waals surface area (Å²) in [6.45, 7) is 0. The Bertz CT molecular complexity index is 15.5. The molecule has 0 N–H and O–H groups in total. The Balaban J connectivity index is 0. The van der Waals surface area contributed by atoms with Crippen molar-refractivity contribution in [2.45, 2.75) is 0 Å². The molecule has 28 valence electrons. The van der Waals surface area contributed by atoms with Gasteiger partial charge in [0.2, 0.25) is 0 Å². The van der Waals surface area contributed by atoms with Gasteiger partial charge in [0.15, 0.2) is 0 Å². The van der Waals surface area contributed by atoms with E-state index in [1.54, 1.807) is 0 Å². The van der Waals surface area contributed by atoms with Crippen molar-refractivity contribution in [2.75, 3.05) is 0 Å². The third-order valence-electron chi connectivity index (χ3n) is 0. The number of rotatable bonds is 0. The fourth-order valence-corrected chi connectivity index (χ4v) is 0. The topological polar surface area (TPSA) is 0 Å². The molecule has 0 unspecified atom stereocenters. The first kappa shape index (κ1) is 42.6. The van der Waals surface area contributed by atoms with Gasteiger partial charge < -0.3 is 0 Å². The average molecular weight is 311 g/mol. The summed E-state index contributed by atoms with van der Waals surface area (Å²) in [4.78, 5) is 0. The van der Waals surface area contributed by atoms with Gasteiger partial charge in [-0.3, -0.25) is 0 Å². The van der Waals surface area contributed by atoms with Crippen molar-refractivity contribution >= 4 is 129 Å². The molecule has 6 heteroatoms. The van der Waals surface area contributed by atoms with Crippen molar-refractivity contribution in [2.24, 2.45) is 0 Å². The van der Waals surface area contributed by atoms with E-state index in [9.17, 15) is 0 Å². The first-order chi connectivity index (χ1) is 0. The van der Waals surface area contributed by atoms with Gasteiger partial charge in [-0.2, -0.15) is 0 Å². The third kappa shape index (κ3) is 22.8. The van der Waals surface area contributed by atoms with Gasteiger partial charge in [-0.25, -0.2) is 0 Å². The van der Waals surface area contributed by atoms with Crippen molar-refractivity contribution in [3.63, 3.8) is 0 Å². The van der Waals surface area contributed by atoms with Crippen LogP contribution >= 0.6 is 0 Å². The normalized spacial score (nSPS) is 0. The van der Waals surface area contributed by atoms with Gasteiger partial charge >= 0.3 is 129 Å². The predicted octanol–water partition coefficient (Wildman–Crippen LogP) is -3.40. The van der Waals surface area contributed by atoms with Crippen LogP contribution in [0.1, 0.15) is 0 Å². The largest absolute Gasteiger partial charge is 0 e. The molecule has 0 heterocycles. The Kier molecular flexibility index (Phi) is 225. The summed E-state index contributed by atoms with van der Waals surface area (Å²) in [5.41, 5.74) is 0. The summed E-state index contributed by atoms with van der Waals surface area (Å²) < 4.78 is 0. The zero-order valence-corrected chi connectivity index (χ0v) is 7.73. The van der Waals surface area contributed by atoms with Crippen molar-refractivity contribution in [1.29, 1.82) is 0 Å². The summed E-state index contributed by atoms with van der Waals surface area (Å²) in [5.74, 6) is 0. The van der Waals surface area contributed by atoms with E-state index in [2.05, 4.69) is 0 Å². The standard InChI is InChI=1S/Ca.Fe.K.Mg.H2Se.Zn.5H/h;;;;1H2;;;;;;. The molecule has 0 aromatic heterocycles. The minimum absolute atomic E-state index is 0. The van der Waals surface area contributed by atoms with Crippen LogP contribution in [-0.2, 0) is 36.5 Å². The molecule has 0 aliphatic heterocycles. The second kappa shape index (κ2) is 31.7. The maximum atomic E-state index is 0. The molecule has 0 fully saturated rings. The second-order valence-electron chi connectivity index (χ2n) is 0. The van der Waals surface area contributed by atoms with E-state index >= 15 is 0 Å². The molecule has 0 saturated carbocycles. The van der Waals surface area contributed by atoms with Gasteiger partial charge in [-0.05, 0) is 0 Å². The summed E-state index contributed by atoms with van der Waals surface area (Å²) in [5, 5.41) is 0. The molecule has 0 saturated heterocycles. The van der Waals surface area contributed by atoms with E-state index in [0.29, 0.717) is 0 Å². The van der Waals surface area contributed by atoms with Crippen LogP contribution in [0.3, 0.4) is 0 Å². The first-order valence-corrected chi connectivity index (χ1v) is 0. The molecule has 0 nitrogen and oxygen atoms in total. The maximum Gasteiger partial charge on any atom is 0 e. The average Bonchev–Trinajstić information content (AvgIpc) is 0. The van der Waals surface area contributed by atoms with Crippen LogP contribution in [0.4, 0.5) is 0 Å². The quantitative estimate of drug-likeness (QED) is 0.409. The summed E-state index contributed by atoms with van der Waals surface area (Å²) in [7, 11) is 0. The van der Waals surface area contributed by atoms with Gasteiger partial charge in [-0.1, -0.05) is 0 Å². The van der Waals surface area contributed by atoms with Gasteiger partial charge in [0.05, 0.1) is 0 Å². The number of hydrogen-bond acceptors (Lipinski definition) is 0. The van der Waals surface area contributed by atoms with Crippen molar-refractivity contribution in [1.82, 2.24) is 0 Å². The van der Waals surface area contributed by atoms with Gasteiger partial charge in [-0.15, -0.1) is 0 Å². The van der Waals surface area contributed by atoms with Crippen LogP contribution in [0.25, 0.3) is 0 Å². The molecule has 0 aliphatic rings.